The Morgan fingerprint density at radius 2 is 1.07 bits per heavy atom. The zero-order chi connectivity index (χ0) is 19.9. The van der Waals surface area contributed by atoms with E-state index in [4.69, 9.17) is 6.15 Å². The van der Waals surface area contributed by atoms with Gasteiger partial charge >= 0.3 is 172 Å². The minimum absolute atomic E-state index is 0.505. The van der Waals surface area contributed by atoms with Crippen molar-refractivity contribution in [3.8, 4) is 11.5 Å². The molecular formula is C24H36O2Sn. The molecule has 2 aromatic rings. The zero-order valence-electron chi connectivity index (χ0n) is 17.9. The van der Waals surface area contributed by atoms with Crippen LogP contribution in [0, 0.1) is 0 Å². The normalized spacial score (nSPS) is 13.9. The summed E-state index contributed by atoms with van der Waals surface area (Å²) in [7, 11) is 0. The van der Waals surface area contributed by atoms with Crippen molar-refractivity contribution in [2.75, 3.05) is 0 Å². The SMILES string of the molecule is CCCC(C)c1ccccc1[O][Sn]([CH3])([CH3])[O]c1ccccc1C(C)CCC. The third-order valence-electron chi connectivity index (χ3n) is 5.05. The number of rotatable bonds is 10. The van der Waals surface area contributed by atoms with Crippen molar-refractivity contribution in [3.05, 3.63) is 59.7 Å². The van der Waals surface area contributed by atoms with Crippen LogP contribution in [-0.4, -0.2) is 19.2 Å². The second-order valence-electron chi connectivity index (χ2n) is 8.06. The first-order valence-electron chi connectivity index (χ1n) is 10.4. The molecule has 3 heteroatoms. The summed E-state index contributed by atoms with van der Waals surface area (Å²) in [6.07, 6.45) is 4.71. The van der Waals surface area contributed by atoms with E-state index in [9.17, 15) is 0 Å². The second-order valence-corrected chi connectivity index (χ2v) is 17.2. The summed E-state index contributed by atoms with van der Waals surface area (Å²) in [6.45, 7) is 9.05. The topological polar surface area (TPSA) is 18.5 Å². The van der Waals surface area contributed by atoms with Crippen molar-refractivity contribution >= 4 is 19.2 Å². The number of hydrogen-bond donors (Lipinski definition) is 0. The van der Waals surface area contributed by atoms with Crippen molar-refractivity contribution < 1.29 is 6.15 Å². The maximum absolute atomic E-state index is 6.59. The summed E-state index contributed by atoms with van der Waals surface area (Å²) < 4.78 is 13.2. The fourth-order valence-electron chi connectivity index (χ4n) is 3.69. The third-order valence-corrected chi connectivity index (χ3v) is 9.12. The minimum atomic E-state index is -3.22. The van der Waals surface area contributed by atoms with Crippen LogP contribution in [0.4, 0.5) is 0 Å². The maximum atomic E-state index is 6.59. The number of benzene rings is 2. The Hall–Kier alpha value is -1.16. The number of hydrogen-bond acceptors (Lipinski definition) is 2. The molecule has 0 saturated carbocycles. The molecule has 2 rings (SSSR count). The van der Waals surface area contributed by atoms with Crippen LogP contribution in [0.2, 0.25) is 9.88 Å². The van der Waals surface area contributed by atoms with E-state index in [-0.39, 0.29) is 0 Å². The van der Waals surface area contributed by atoms with E-state index < -0.39 is 19.2 Å². The first-order valence-corrected chi connectivity index (χ1v) is 18.5. The second kappa shape index (κ2) is 10.4. The summed E-state index contributed by atoms with van der Waals surface area (Å²) in [5, 5.41) is 0. The van der Waals surface area contributed by atoms with Crippen molar-refractivity contribution in [1.29, 1.82) is 0 Å². The summed E-state index contributed by atoms with van der Waals surface area (Å²) >= 11 is -3.22. The van der Waals surface area contributed by atoms with Gasteiger partial charge in [-0.3, -0.25) is 0 Å². The zero-order valence-corrected chi connectivity index (χ0v) is 20.8. The Labute approximate surface area is 171 Å². The van der Waals surface area contributed by atoms with Gasteiger partial charge in [0.25, 0.3) is 0 Å². The molecule has 2 unspecified atom stereocenters. The molecule has 0 aromatic heterocycles. The van der Waals surface area contributed by atoms with Crippen molar-refractivity contribution in [1.82, 2.24) is 0 Å². The van der Waals surface area contributed by atoms with E-state index >= 15 is 0 Å². The Balaban J connectivity index is 2.22. The van der Waals surface area contributed by atoms with E-state index in [1.165, 1.54) is 36.8 Å². The van der Waals surface area contributed by atoms with Crippen molar-refractivity contribution in [2.45, 2.75) is 75.1 Å². The van der Waals surface area contributed by atoms with Gasteiger partial charge in [0.1, 0.15) is 0 Å². The molecule has 148 valence electrons. The van der Waals surface area contributed by atoms with Crippen molar-refractivity contribution in [3.63, 3.8) is 0 Å². The van der Waals surface area contributed by atoms with Crippen LogP contribution in [0.5, 0.6) is 11.5 Å². The molecule has 2 nitrogen and oxygen atoms in total. The van der Waals surface area contributed by atoms with Crippen LogP contribution < -0.4 is 6.15 Å². The van der Waals surface area contributed by atoms with Gasteiger partial charge in [0, 0.05) is 0 Å². The van der Waals surface area contributed by atoms with E-state index in [1.807, 2.05) is 0 Å². The monoisotopic (exact) mass is 476 g/mol. The molecule has 27 heavy (non-hydrogen) atoms. The summed E-state index contributed by atoms with van der Waals surface area (Å²) in [5.74, 6) is 3.03. The molecule has 0 amide bonds. The Morgan fingerprint density at radius 1 is 0.704 bits per heavy atom. The Kier molecular flexibility index (Phi) is 8.53. The molecule has 0 fully saturated rings. The molecule has 0 heterocycles. The van der Waals surface area contributed by atoms with Gasteiger partial charge in [0.15, 0.2) is 0 Å². The van der Waals surface area contributed by atoms with Crippen LogP contribution in [0.1, 0.15) is 76.3 Å². The summed E-state index contributed by atoms with van der Waals surface area (Å²) in [4.78, 5) is 4.41. The molecule has 0 N–H and O–H groups in total. The van der Waals surface area contributed by atoms with Gasteiger partial charge in [-0.25, -0.2) is 0 Å². The van der Waals surface area contributed by atoms with Gasteiger partial charge in [-0.1, -0.05) is 0 Å². The van der Waals surface area contributed by atoms with E-state index in [0.717, 1.165) is 11.5 Å². The molecule has 2 aromatic carbocycles. The van der Waals surface area contributed by atoms with Gasteiger partial charge in [-0.2, -0.15) is 0 Å². The van der Waals surface area contributed by atoms with Gasteiger partial charge in [-0.05, 0) is 0 Å². The first kappa shape index (κ1) is 22.1. The molecular weight excluding hydrogens is 439 g/mol. The predicted octanol–water partition coefficient (Wildman–Crippen LogP) is 7.65. The molecule has 0 saturated heterocycles. The summed E-state index contributed by atoms with van der Waals surface area (Å²) in [6, 6.07) is 17.0. The molecule has 0 aliphatic carbocycles. The predicted molar refractivity (Wildman–Crippen MR) is 118 cm³/mol. The van der Waals surface area contributed by atoms with Crippen LogP contribution in [0.25, 0.3) is 0 Å². The average molecular weight is 475 g/mol. The van der Waals surface area contributed by atoms with Crippen molar-refractivity contribution in [2.24, 2.45) is 0 Å². The Bertz CT molecular complexity index is 652. The fraction of sp³-hybridized carbons (Fsp3) is 0.500. The molecule has 0 aliphatic rings. The Morgan fingerprint density at radius 3 is 1.44 bits per heavy atom. The fourth-order valence-corrected chi connectivity index (χ4v) is 7.89. The molecule has 0 spiro atoms. The summed E-state index contributed by atoms with van der Waals surface area (Å²) in [5.41, 5.74) is 2.61. The van der Waals surface area contributed by atoms with E-state index in [2.05, 4.69) is 86.1 Å². The van der Waals surface area contributed by atoms with E-state index in [1.54, 1.807) is 0 Å². The van der Waals surface area contributed by atoms with E-state index in [0.29, 0.717) is 11.8 Å². The van der Waals surface area contributed by atoms with Gasteiger partial charge in [0.2, 0.25) is 0 Å². The van der Waals surface area contributed by atoms with Gasteiger partial charge in [-0.15, -0.1) is 0 Å². The van der Waals surface area contributed by atoms with Crippen LogP contribution in [0.3, 0.4) is 0 Å². The molecule has 2 atom stereocenters. The molecule has 0 bridgehead atoms. The van der Waals surface area contributed by atoms with Gasteiger partial charge < -0.3 is 0 Å². The molecule has 0 aliphatic heterocycles. The van der Waals surface area contributed by atoms with Crippen LogP contribution in [0.15, 0.2) is 48.5 Å². The quantitative estimate of drug-likeness (QED) is 0.329. The average Bonchev–Trinajstić information content (AvgIpc) is 2.62. The standard InChI is InChI=1S/2C11H16O.2CH3.Sn/c2*1-3-6-9(2)10-7-4-5-8-11(10)12;;;/h2*4-5,7-9,12H,3,6H2,1-2H3;2*1H3;/q;;;;+2/p-2. The molecule has 0 radical (unpaired) electrons. The third kappa shape index (κ3) is 6.44. The van der Waals surface area contributed by atoms with Gasteiger partial charge in [0.05, 0.1) is 0 Å². The first-order chi connectivity index (χ1) is 12.9. The van der Waals surface area contributed by atoms with Crippen LogP contribution >= 0.6 is 0 Å². The van der Waals surface area contributed by atoms with Crippen LogP contribution in [-0.2, 0) is 0 Å². The number of para-hydroxylation sites is 2.